The third-order valence-electron chi connectivity index (χ3n) is 7.33. The van der Waals surface area contributed by atoms with Crippen molar-refractivity contribution in [3.8, 4) is 0 Å². The lowest BCUT2D eigenvalue weighted by molar-refractivity contribution is -0.111. The van der Waals surface area contributed by atoms with Crippen LogP contribution in [0.4, 0.5) is 17.1 Å². The predicted octanol–water partition coefficient (Wildman–Crippen LogP) is 6.65. The van der Waals surface area contributed by atoms with Crippen molar-refractivity contribution in [3.05, 3.63) is 88.4 Å². The molecule has 6 nitrogen and oxygen atoms in total. The summed E-state index contributed by atoms with van der Waals surface area (Å²) in [5.74, 6) is 1.24. The number of nitrogens with zero attached hydrogens (tertiary/aromatic N) is 2. The Morgan fingerprint density at radius 2 is 2.11 bits per heavy atom. The maximum Gasteiger partial charge on any atom is 0.247 e. The fraction of sp³-hybridized carbons (Fsp3) is 0.355. The third-order valence-corrected chi connectivity index (χ3v) is 8.32. The highest BCUT2D eigenvalue weighted by Crippen LogP contribution is 2.39. The van der Waals surface area contributed by atoms with Crippen LogP contribution in [0.3, 0.4) is 0 Å². The van der Waals surface area contributed by atoms with Crippen molar-refractivity contribution in [1.29, 1.82) is 0 Å². The number of thioether (sulfide) groups is 1. The number of fused-ring (bicyclic) bond motifs is 1. The molecule has 0 aromatic heterocycles. The monoisotopic (exact) mass is 527 g/mol. The van der Waals surface area contributed by atoms with Gasteiger partial charge in [-0.3, -0.25) is 4.79 Å². The highest BCUT2D eigenvalue weighted by molar-refractivity contribution is 8.06. The van der Waals surface area contributed by atoms with Crippen LogP contribution in [0.1, 0.15) is 45.1 Å². The van der Waals surface area contributed by atoms with Crippen LogP contribution in [-0.2, 0) is 11.2 Å². The zero-order valence-corrected chi connectivity index (χ0v) is 23.1. The summed E-state index contributed by atoms with van der Waals surface area (Å²) in [6.45, 7) is 10.2. The van der Waals surface area contributed by atoms with E-state index in [1.165, 1.54) is 16.5 Å². The van der Waals surface area contributed by atoms with Gasteiger partial charge in [-0.2, -0.15) is 0 Å². The van der Waals surface area contributed by atoms with Gasteiger partial charge in [0.05, 0.1) is 23.1 Å². The maximum atomic E-state index is 12.4. The van der Waals surface area contributed by atoms with Crippen LogP contribution in [0, 0.1) is 5.92 Å². The van der Waals surface area contributed by atoms with Crippen molar-refractivity contribution < 1.29 is 4.79 Å². The molecule has 3 aliphatic heterocycles. The number of carbonyl (C=O) groups excluding carboxylic acids is 1. The minimum absolute atomic E-state index is 0.0877. The molecular formula is C31H37N5OS. The van der Waals surface area contributed by atoms with Gasteiger partial charge in [0.1, 0.15) is 0 Å². The summed E-state index contributed by atoms with van der Waals surface area (Å²) in [7, 11) is 0. The Hall–Kier alpha value is -3.45. The van der Waals surface area contributed by atoms with E-state index in [2.05, 4.69) is 95.3 Å². The first-order chi connectivity index (χ1) is 18.6. The Kier molecular flexibility index (Phi) is 8.23. The maximum absolute atomic E-state index is 12.4. The lowest BCUT2D eigenvalue weighted by Gasteiger charge is -2.34. The number of benzene rings is 1. The number of aryl methyl sites for hydroxylation is 1. The van der Waals surface area contributed by atoms with E-state index in [1.807, 2.05) is 0 Å². The number of allylic oxidation sites excluding steroid dienone is 5. The van der Waals surface area contributed by atoms with Crippen molar-refractivity contribution in [1.82, 2.24) is 5.32 Å². The van der Waals surface area contributed by atoms with Crippen molar-refractivity contribution in [2.45, 2.75) is 52.0 Å². The molecule has 7 heteroatoms. The Bertz CT molecular complexity index is 1280. The Balaban J connectivity index is 1.51. The number of nitrogens with one attached hydrogen (secondary N) is 3. The smallest absolute Gasteiger partial charge is 0.247 e. The van der Waals surface area contributed by atoms with Crippen LogP contribution in [0.2, 0.25) is 0 Å². The average molecular weight is 528 g/mol. The van der Waals surface area contributed by atoms with E-state index in [4.69, 9.17) is 4.99 Å². The van der Waals surface area contributed by atoms with Crippen molar-refractivity contribution in [2.75, 3.05) is 28.6 Å². The number of hydrogen-bond acceptors (Lipinski definition) is 6. The summed E-state index contributed by atoms with van der Waals surface area (Å²) in [6.07, 6.45) is 19.3. The highest BCUT2D eigenvalue weighted by Gasteiger charge is 2.28. The standard InChI is InChI=1S/C31H37N5OS/c1-4-10-23-19-27(36-16-13-21(3)14-17-36)26(32-28(37)5-2)20-25(23)34-31-33-24-15-18-38-30(24)29(35-31)22-11-8-6-7-9-12-22/h5-8,11-12,15,18-21,24H,2,4,9-10,13-14,16-17H2,1,3H3,(H,32,37)(H2,33,34,35). The van der Waals surface area contributed by atoms with E-state index >= 15 is 0 Å². The molecule has 198 valence electrons. The third kappa shape index (κ3) is 5.83. The summed E-state index contributed by atoms with van der Waals surface area (Å²) in [4.78, 5) is 21.1. The lowest BCUT2D eigenvalue weighted by Crippen LogP contribution is -2.41. The van der Waals surface area contributed by atoms with Gasteiger partial charge < -0.3 is 20.9 Å². The zero-order valence-electron chi connectivity index (χ0n) is 22.3. The molecular weight excluding hydrogens is 490 g/mol. The van der Waals surface area contributed by atoms with Gasteiger partial charge in [0.25, 0.3) is 0 Å². The van der Waals surface area contributed by atoms with E-state index < -0.39 is 0 Å². The fourth-order valence-electron chi connectivity index (χ4n) is 5.19. The number of amides is 1. The number of rotatable bonds is 7. The van der Waals surface area contributed by atoms with E-state index in [0.29, 0.717) is 5.96 Å². The summed E-state index contributed by atoms with van der Waals surface area (Å²) in [6, 6.07) is 4.40. The predicted molar refractivity (Wildman–Crippen MR) is 163 cm³/mol. The van der Waals surface area contributed by atoms with Crippen LogP contribution >= 0.6 is 11.8 Å². The second kappa shape index (κ2) is 11.9. The summed E-state index contributed by atoms with van der Waals surface area (Å²) >= 11 is 1.73. The zero-order chi connectivity index (χ0) is 26.5. The lowest BCUT2D eigenvalue weighted by atomic mass is 9.97. The van der Waals surface area contributed by atoms with E-state index in [0.717, 1.165) is 79.4 Å². The molecule has 1 aromatic rings. The number of piperidine rings is 1. The topological polar surface area (TPSA) is 68.8 Å². The minimum Gasteiger partial charge on any atom is -0.370 e. The SMILES string of the molecule is C=CC(=O)Nc1cc(NC2=NC(C3=CCC=CC=C3)=C3SC=CC3N2)c(CCC)cc1N1CCC(C)CC1. The van der Waals surface area contributed by atoms with Gasteiger partial charge in [-0.05, 0) is 66.4 Å². The number of hydrogen-bond donors (Lipinski definition) is 3. The van der Waals surface area contributed by atoms with Gasteiger partial charge in [-0.25, -0.2) is 4.99 Å². The van der Waals surface area contributed by atoms with E-state index in [-0.39, 0.29) is 11.9 Å². The molecule has 1 unspecified atom stereocenters. The molecule has 0 spiro atoms. The van der Waals surface area contributed by atoms with E-state index in [9.17, 15) is 4.79 Å². The molecule has 1 aromatic carbocycles. The van der Waals surface area contributed by atoms with Crippen molar-refractivity contribution >= 4 is 40.7 Å². The number of anilines is 3. The first-order valence-corrected chi connectivity index (χ1v) is 14.5. The number of guanidine groups is 1. The Morgan fingerprint density at radius 1 is 1.26 bits per heavy atom. The van der Waals surface area contributed by atoms with E-state index in [1.54, 1.807) is 11.8 Å². The molecule has 1 atom stereocenters. The van der Waals surface area contributed by atoms with Gasteiger partial charge in [0.2, 0.25) is 11.9 Å². The molecule has 1 fully saturated rings. The summed E-state index contributed by atoms with van der Waals surface area (Å²) in [5.41, 5.74) is 6.19. The first-order valence-electron chi connectivity index (χ1n) is 13.6. The average Bonchev–Trinajstić information content (AvgIpc) is 3.23. The van der Waals surface area contributed by atoms with Crippen LogP contribution < -0.4 is 20.9 Å². The molecule has 38 heavy (non-hydrogen) atoms. The minimum atomic E-state index is -0.206. The molecule has 5 rings (SSSR count). The van der Waals surface area contributed by atoms with Gasteiger partial charge in [-0.15, -0.1) is 0 Å². The van der Waals surface area contributed by atoms with Gasteiger partial charge >= 0.3 is 0 Å². The van der Waals surface area contributed by atoms with Crippen molar-refractivity contribution in [2.24, 2.45) is 10.9 Å². The van der Waals surface area contributed by atoms with Crippen molar-refractivity contribution in [3.63, 3.8) is 0 Å². The molecule has 1 saturated heterocycles. The first kappa shape index (κ1) is 26.2. The number of carbonyl (C=O) groups is 1. The summed E-state index contributed by atoms with van der Waals surface area (Å²) < 4.78 is 0. The van der Waals surface area contributed by atoms with Crippen LogP contribution in [0.15, 0.2) is 87.8 Å². The second-order valence-corrected chi connectivity index (χ2v) is 11.1. The highest BCUT2D eigenvalue weighted by atomic mass is 32.2. The molecule has 0 saturated carbocycles. The van der Waals surface area contributed by atoms with Gasteiger partial charge in [0, 0.05) is 23.7 Å². The van der Waals surface area contributed by atoms with Gasteiger partial charge in [0.15, 0.2) is 0 Å². The molecule has 1 amide bonds. The molecule has 1 aliphatic carbocycles. The largest absolute Gasteiger partial charge is 0.370 e. The van der Waals surface area contributed by atoms with Crippen LogP contribution in [-0.4, -0.2) is 31.0 Å². The molecule has 0 radical (unpaired) electrons. The summed E-state index contributed by atoms with van der Waals surface area (Å²) in [5, 5.41) is 12.4. The molecule has 0 bridgehead atoms. The second-order valence-electron chi connectivity index (χ2n) is 10.2. The Labute approximate surface area is 230 Å². The van der Waals surface area contributed by atoms with Gasteiger partial charge in [-0.1, -0.05) is 75.1 Å². The molecule has 3 heterocycles. The Morgan fingerprint density at radius 3 is 2.89 bits per heavy atom. The normalized spacial score (nSPS) is 20.9. The quantitative estimate of drug-likeness (QED) is 0.346. The number of aliphatic imine (C=N–C) groups is 1. The fourth-order valence-corrected chi connectivity index (χ4v) is 6.13. The van der Waals surface area contributed by atoms with Crippen LogP contribution in [0.5, 0.6) is 0 Å². The molecule has 4 aliphatic rings. The molecule has 3 N–H and O–H groups in total. The van der Waals surface area contributed by atoms with Crippen LogP contribution in [0.25, 0.3) is 0 Å².